The zero-order chi connectivity index (χ0) is 15.8. The van der Waals surface area contributed by atoms with Crippen molar-refractivity contribution in [1.29, 1.82) is 5.26 Å². The molecule has 8 nitrogen and oxygen atoms in total. The Labute approximate surface area is 132 Å². The molecule has 1 atom stereocenters. The Morgan fingerprint density at radius 1 is 1.30 bits per heavy atom. The van der Waals surface area contributed by atoms with Crippen LogP contribution in [-0.4, -0.2) is 36.3 Å². The van der Waals surface area contributed by atoms with Gasteiger partial charge in [-0.25, -0.2) is 15.0 Å². The van der Waals surface area contributed by atoms with Crippen LogP contribution in [0, 0.1) is 11.3 Å². The summed E-state index contributed by atoms with van der Waals surface area (Å²) in [4.78, 5) is 18.2. The van der Waals surface area contributed by atoms with E-state index in [0.717, 1.165) is 17.0 Å². The highest BCUT2D eigenvalue weighted by Crippen LogP contribution is 2.33. The first-order chi connectivity index (χ1) is 11.3. The average Bonchev–Trinajstić information content (AvgIpc) is 3.22. The molecule has 3 aromatic rings. The second-order valence-corrected chi connectivity index (χ2v) is 5.49. The van der Waals surface area contributed by atoms with E-state index in [1.54, 1.807) is 17.2 Å². The van der Waals surface area contributed by atoms with Crippen LogP contribution in [0.25, 0.3) is 0 Å². The standard InChI is InChI=1S/C15H14N8/c1-22-6-10(5-21-22)11-7-23(8-13-14(11)20-9-19-13)15-12(4-16)17-2-3-18-15/h2-3,5-6,9,11H,7-8H2,1H3,(H,19,20). The van der Waals surface area contributed by atoms with Gasteiger partial charge in [0.1, 0.15) is 6.07 Å². The van der Waals surface area contributed by atoms with Gasteiger partial charge in [-0.05, 0) is 0 Å². The van der Waals surface area contributed by atoms with Crippen molar-refractivity contribution in [3.05, 3.63) is 53.8 Å². The molecule has 23 heavy (non-hydrogen) atoms. The van der Waals surface area contributed by atoms with Crippen molar-refractivity contribution in [2.45, 2.75) is 12.5 Å². The topological polar surface area (TPSA) is 99.3 Å². The molecule has 0 aliphatic carbocycles. The molecule has 4 rings (SSSR count). The maximum Gasteiger partial charge on any atom is 0.183 e. The van der Waals surface area contributed by atoms with Crippen LogP contribution in [0.15, 0.2) is 31.1 Å². The number of fused-ring (bicyclic) bond motifs is 1. The summed E-state index contributed by atoms with van der Waals surface area (Å²) in [6, 6.07) is 2.11. The van der Waals surface area contributed by atoms with Gasteiger partial charge in [0.05, 0.1) is 30.5 Å². The summed E-state index contributed by atoms with van der Waals surface area (Å²) in [5.74, 6) is 0.677. The van der Waals surface area contributed by atoms with Crippen molar-refractivity contribution in [1.82, 2.24) is 29.7 Å². The number of nitrogens with zero attached hydrogens (tertiary/aromatic N) is 7. The smallest absolute Gasteiger partial charge is 0.183 e. The fraction of sp³-hybridized carbons (Fsp3) is 0.267. The lowest BCUT2D eigenvalue weighted by atomic mass is 9.93. The fourth-order valence-electron chi connectivity index (χ4n) is 3.01. The number of H-pyrrole nitrogens is 1. The Bertz CT molecular complexity index is 887. The average molecular weight is 306 g/mol. The van der Waals surface area contributed by atoms with Crippen LogP contribution >= 0.6 is 0 Å². The summed E-state index contributed by atoms with van der Waals surface area (Å²) in [5.41, 5.74) is 3.48. The number of anilines is 1. The summed E-state index contributed by atoms with van der Waals surface area (Å²) < 4.78 is 1.78. The van der Waals surface area contributed by atoms with Crippen molar-refractivity contribution in [3.63, 3.8) is 0 Å². The highest BCUT2D eigenvalue weighted by atomic mass is 15.2. The molecule has 114 valence electrons. The summed E-state index contributed by atoms with van der Waals surface area (Å²) in [5, 5.41) is 13.5. The summed E-state index contributed by atoms with van der Waals surface area (Å²) >= 11 is 0. The van der Waals surface area contributed by atoms with Crippen molar-refractivity contribution in [3.8, 4) is 6.07 Å². The quantitative estimate of drug-likeness (QED) is 0.757. The molecule has 4 heterocycles. The van der Waals surface area contributed by atoms with Crippen LogP contribution in [0.5, 0.6) is 0 Å². The van der Waals surface area contributed by atoms with Gasteiger partial charge in [-0.1, -0.05) is 0 Å². The largest absolute Gasteiger partial charge is 0.347 e. The van der Waals surface area contributed by atoms with E-state index < -0.39 is 0 Å². The van der Waals surface area contributed by atoms with Gasteiger partial charge in [0.15, 0.2) is 11.5 Å². The van der Waals surface area contributed by atoms with Crippen molar-refractivity contribution in [2.24, 2.45) is 7.05 Å². The lowest BCUT2D eigenvalue weighted by Crippen LogP contribution is -2.35. The molecule has 0 radical (unpaired) electrons. The molecule has 0 saturated heterocycles. The number of aromatic amines is 1. The van der Waals surface area contributed by atoms with Gasteiger partial charge in [0.25, 0.3) is 0 Å². The lowest BCUT2D eigenvalue weighted by molar-refractivity contribution is 0.637. The first-order valence-corrected chi connectivity index (χ1v) is 7.23. The molecular formula is C15H14N8. The number of nitrogens with one attached hydrogen (secondary N) is 1. The maximum absolute atomic E-state index is 9.28. The second kappa shape index (κ2) is 5.21. The molecule has 8 heteroatoms. The highest BCUT2D eigenvalue weighted by Gasteiger charge is 2.31. The van der Waals surface area contributed by atoms with Crippen molar-refractivity contribution >= 4 is 5.82 Å². The minimum absolute atomic E-state index is 0.0762. The molecule has 0 amide bonds. The molecule has 1 aliphatic rings. The van der Waals surface area contributed by atoms with Crippen LogP contribution in [0.1, 0.15) is 28.6 Å². The first-order valence-electron chi connectivity index (χ1n) is 7.23. The van der Waals surface area contributed by atoms with E-state index in [-0.39, 0.29) is 5.92 Å². The predicted molar refractivity (Wildman–Crippen MR) is 81.4 cm³/mol. The molecule has 1 aliphatic heterocycles. The molecule has 3 aromatic heterocycles. The van der Waals surface area contributed by atoms with E-state index in [1.807, 2.05) is 19.4 Å². The third-order valence-corrected chi connectivity index (χ3v) is 4.05. The Kier molecular flexibility index (Phi) is 3.05. The molecular weight excluding hydrogens is 292 g/mol. The van der Waals surface area contributed by atoms with Gasteiger partial charge in [-0.2, -0.15) is 10.4 Å². The normalized spacial score (nSPS) is 16.9. The first kappa shape index (κ1) is 13.5. The Hall–Kier alpha value is -3.21. The maximum atomic E-state index is 9.28. The van der Waals surface area contributed by atoms with Gasteiger partial charge in [-0.3, -0.25) is 4.68 Å². The number of aryl methyl sites for hydroxylation is 1. The molecule has 1 unspecified atom stereocenters. The van der Waals surface area contributed by atoms with Crippen LogP contribution in [0.3, 0.4) is 0 Å². The zero-order valence-corrected chi connectivity index (χ0v) is 12.5. The SMILES string of the molecule is Cn1cc(C2CN(c3nccnc3C#N)Cc3[nH]cnc32)cn1. The van der Waals surface area contributed by atoms with E-state index in [2.05, 4.69) is 36.0 Å². The molecule has 0 bridgehead atoms. The number of rotatable bonds is 2. The van der Waals surface area contributed by atoms with Crippen molar-refractivity contribution in [2.75, 3.05) is 11.4 Å². The number of hydrogen-bond acceptors (Lipinski definition) is 6. The summed E-state index contributed by atoms with van der Waals surface area (Å²) in [6.45, 7) is 1.30. The number of imidazole rings is 1. The molecule has 0 aromatic carbocycles. The van der Waals surface area contributed by atoms with Gasteiger partial charge in [0.2, 0.25) is 0 Å². The summed E-state index contributed by atoms with van der Waals surface area (Å²) in [7, 11) is 1.89. The van der Waals surface area contributed by atoms with Gasteiger partial charge in [-0.15, -0.1) is 0 Å². The molecule has 0 fully saturated rings. The fourth-order valence-corrected chi connectivity index (χ4v) is 3.01. The van der Waals surface area contributed by atoms with E-state index in [0.29, 0.717) is 24.6 Å². The lowest BCUT2D eigenvalue weighted by Gasteiger charge is -2.32. The van der Waals surface area contributed by atoms with E-state index in [1.165, 1.54) is 6.20 Å². The zero-order valence-electron chi connectivity index (χ0n) is 12.5. The minimum atomic E-state index is 0.0762. The Morgan fingerprint density at radius 2 is 2.17 bits per heavy atom. The van der Waals surface area contributed by atoms with Crippen LogP contribution in [-0.2, 0) is 13.6 Å². The number of hydrogen-bond donors (Lipinski definition) is 1. The van der Waals surface area contributed by atoms with Gasteiger partial charge in [0, 0.05) is 43.7 Å². The predicted octanol–water partition coefficient (Wildman–Crippen LogP) is 0.957. The second-order valence-electron chi connectivity index (χ2n) is 5.49. The van der Waals surface area contributed by atoms with Crippen LogP contribution in [0.4, 0.5) is 5.82 Å². The van der Waals surface area contributed by atoms with Gasteiger partial charge < -0.3 is 9.88 Å². The monoisotopic (exact) mass is 306 g/mol. The summed E-state index contributed by atoms with van der Waals surface area (Å²) in [6.07, 6.45) is 8.70. The third-order valence-electron chi connectivity index (χ3n) is 4.05. The van der Waals surface area contributed by atoms with E-state index >= 15 is 0 Å². The number of aromatic nitrogens is 6. The Balaban J connectivity index is 1.77. The van der Waals surface area contributed by atoms with E-state index in [4.69, 9.17) is 0 Å². The molecule has 0 saturated carbocycles. The van der Waals surface area contributed by atoms with Crippen molar-refractivity contribution < 1.29 is 0 Å². The Morgan fingerprint density at radius 3 is 2.96 bits per heavy atom. The molecule has 1 N–H and O–H groups in total. The van der Waals surface area contributed by atoms with Crippen LogP contribution in [0.2, 0.25) is 0 Å². The highest BCUT2D eigenvalue weighted by molar-refractivity contribution is 5.52. The molecule has 0 spiro atoms. The minimum Gasteiger partial charge on any atom is -0.347 e. The number of nitriles is 1. The van der Waals surface area contributed by atoms with Crippen LogP contribution < -0.4 is 4.90 Å². The van der Waals surface area contributed by atoms with E-state index in [9.17, 15) is 5.26 Å². The van der Waals surface area contributed by atoms with Gasteiger partial charge >= 0.3 is 0 Å². The third kappa shape index (κ3) is 2.23.